The van der Waals surface area contributed by atoms with E-state index >= 15 is 0 Å². The predicted octanol–water partition coefficient (Wildman–Crippen LogP) is 5.05. The van der Waals surface area contributed by atoms with Gasteiger partial charge in [-0.2, -0.15) is 5.10 Å². The molecule has 1 saturated carbocycles. The second-order valence-corrected chi connectivity index (χ2v) is 8.83. The summed E-state index contributed by atoms with van der Waals surface area (Å²) in [6, 6.07) is 12.3. The lowest BCUT2D eigenvalue weighted by Gasteiger charge is -2.43. The number of pyridine rings is 1. The Hall–Kier alpha value is -3.78. The van der Waals surface area contributed by atoms with Crippen molar-refractivity contribution in [2.45, 2.75) is 38.4 Å². The molecule has 4 aromatic rings. The third kappa shape index (κ3) is 4.61. The number of nitrogens with zero attached hydrogens (tertiary/aromatic N) is 3. The zero-order chi connectivity index (χ0) is 24.4. The number of rotatable bonds is 8. The van der Waals surface area contributed by atoms with Crippen molar-refractivity contribution in [3.63, 3.8) is 0 Å². The smallest absolute Gasteiger partial charge is 0.254 e. The van der Waals surface area contributed by atoms with Gasteiger partial charge < -0.3 is 15.0 Å². The van der Waals surface area contributed by atoms with Crippen molar-refractivity contribution >= 4 is 16.8 Å². The van der Waals surface area contributed by atoms with E-state index < -0.39 is 0 Å². The molecule has 0 atom stereocenters. The minimum atomic E-state index is -0.318. The van der Waals surface area contributed by atoms with E-state index in [0.29, 0.717) is 36.1 Å². The van der Waals surface area contributed by atoms with Crippen molar-refractivity contribution in [3.8, 4) is 16.9 Å². The van der Waals surface area contributed by atoms with Gasteiger partial charge in [0.15, 0.2) is 0 Å². The summed E-state index contributed by atoms with van der Waals surface area (Å²) >= 11 is 0. The average molecular weight is 478 g/mol. The molecule has 0 spiro atoms. The number of H-pyrrole nitrogens is 1. The van der Waals surface area contributed by atoms with Crippen LogP contribution < -0.4 is 10.1 Å². The minimum absolute atomic E-state index is 0. The maximum absolute atomic E-state index is 13.9. The Morgan fingerprint density at radius 3 is 2.86 bits per heavy atom. The Morgan fingerprint density at radius 2 is 2.09 bits per heavy atom. The number of aromatic amines is 1. The van der Waals surface area contributed by atoms with Gasteiger partial charge in [-0.25, -0.2) is 4.39 Å². The minimum Gasteiger partial charge on any atom is -0.493 e. The monoisotopic (exact) mass is 477 g/mol. The summed E-state index contributed by atoms with van der Waals surface area (Å²) in [5, 5.41) is 11.4. The standard InChI is InChI=1S/C27H28FN5O2.2H2/c1-3-35-25-10-18(7-8-24(25)17-5-4-6-21(28)9-17)27(34)33(23-11-22(12-23)29-2)16-20-14-30-13-19-15-31-32-26(19)20;;/h4-10,13-15,22-23,29H,3,11-12,16H2,1-2H3,(H,31,32);2*1H. The number of hydrogen-bond donors (Lipinski definition) is 2. The van der Waals surface area contributed by atoms with E-state index in [2.05, 4.69) is 20.5 Å². The van der Waals surface area contributed by atoms with Gasteiger partial charge in [0.2, 0.25) is 0 Å². The average Bonchev–Trinajstić information content (AvgIpc) is 3.32. The van der Waals surface area contributed by atoms with E-state index in [1.54, 1.807) is 36.8 Å². The van der Waals surface area contributed by atoms with E-state index in [-0.39, 0.29) is 20.6 Å². The lowest BCUT2D eigenvalue weighted by molar-refractivity contribution is 0.0498. The summed E-state index contributed by atoms with van der Waals surface area (Å²) in [4.78, 5) is 20.1. The zero-order valence-corrected chi connectivity index (χ0v) is 19.8. The van der Waals surface area contributed by atoms with Gasteiger partial charge in [0.25, 0.3) is 5.91 Å². The van der Waals surface area contributed by atoms with Gasteiger partial charge in [0.1, 0.15) is 11.6 Å². The maximum atomic E-state index is 13.9. The summed E-state index contributed by atoms with van der Waals surface area (Å²) in [6.07, 6.45) is 7.04. The van der Waals surface area contributed by atoms with Crippen LogP contribution >= 0.6 is 0 Å². The van der Waals surface area contributed by atoms with E-state index in [0.717, 1.165) is 34.9 Å². The highest BCUT2D eigenvalue weighted by molar-refractivity contribution is 5.96. The largest absolute Gasteiger partial charge is 0.493 e. The Morgan fingerprint density at radius 1 is 1.23 bits per heavy atom. The number of halogens is 1. The van der Waals surface area contributed by atoms with Gasteiger partial charge in [-0.05, 0) is 62.7 Å². The summed E-state index contributed by atoms with van der Waals surface area (Å²) in [6.45, 7) is 2.74. The van der Waals surface area contributed by atoms with Crippen molar-refractivity contribution in [2.75, 3.05) is 13.7 Å². The molecule has 7 nitrogen and oxygen atoms in total. The number of hydrogen-bond acceptors (Lipinski definition) is 5. The summed E-state index contributed by atoms with van der Waals surface area (Å²) in [5.74, 6) is 0.165. The van der Waals surface area contributed by atoms with Crippen molar-refractivity contribution in [1.29, 1.82) is 0 Å². The molecule has 1 aliphatic carbocycles. The highest BCUT2D eigenvalue weighted by Crippen LogP contribution is 2.34. The van der Waals surface area contributed by atoms with Gasteiger partial charge in [-0.15, -0.1) is 0 Å². The van der Waals surface area contributed by atoms with Crippen molar-refractivity contribution in [3.05, 3.63) is 78.0 Å². The number of aromatic nitrogens is 3. The van der Waals surface area contributed by atoms with Crippen LogP contribution in [-0.2, 0) is 6.54 Å². The molecule has 5 rings (SSSR count). The molecule has 0 aliphatic heterocycles. The number of ether oxygens (including phenoxy) is 1. The van der Waals surface area contributed by atoms with Crippen LogP contribution in [0.15, 0.2) is 61.1 Å². The van der Waals surface area contributed by atoms with Gasteiger partial charge in [-0.1, -0.05) is 12.1 Å². The number of carbonyl (C=O) groups is 1. The lowest BCUT2D eigenvalue weighted by Crippen LogP contribution is -2.53. The summed E-state index contributed by atoms with van der Waals surface area (Å²) in [7, 11) is 1.95. The predicted molar refractivity (Wildman–Crippen MR) is 137 cm³/mol. The summed E-state index contributed by atoms with van der Waals surface area (Å²) < 4.78 is 19.7. The molecule has 1 amide bonds. The number of fused-ring (bicyclic) bond motifs is 1. The fourth-order valence-electron chi connectivity index (χ4n) is 4.66. The lowest BCUT2D eigenvalue weighted by atomic mass is 9.85. The molecular weight excluding hydrogens is 445 g/mol. The molecule has 0 radical (unpaired) electrons. The molecule has 2 aromatic heterocycles. The van der Waals surface area contributed by atoms with Crippen LogP contribution in [0.2, 0.25) is 0 Å². The number of amides is 1. The first-order valence-electron chi connectivity index (χ1n) is 11.8. The van der Waals surface area contributed by atoms with Crippen LogP contribution in [-0.4, -0.2) is 51.7 Å². The third-order valence-corrected chi connectivity index (χ3v) is 6.66. The molecule has 2 N–H and O–H groups in total. The Bertz CT molecular complexity index is 1360. The Balaban J connectivity index is 0.00000190. The van der Waals surface area contributed by atoms with Crippen LogP contribution in [0.3, 0.4) is 0 Å². The quantitative estimate of drug-likeness (QED) is 0.371. The second kappa shape index (κ2) is 9.84. The van der Waals surface area contributed by atoms with E-state index in [4.69, 9.17) is 4.74 Å². The molecule has 1 aliphatic rings. The normalized spacial score (nSPS) is 17.2. The molecular formula is C27H32FN5O2. The number of nitrogens with one attached hydrogen (secondary N) is 2. The van der Waals surface area contributed by atoms with Crippen LogP contribution in [0.4, 0.5) is 4.39 Å². The highest BCUT2D eigenvalue weighted by Gasteiger charge is 2.36. The topological polar surface area (TPSA) is 83.1 Å². The number of benzene rings is 2. The fourth-order valence-corrected chi connectivity index (χ4v) is 4.66. The molecule has 2 heterocycles. The molecule has 1 fully saturated rings. The highest BCUT2D eigenvalue weighted by atomic mass is 19.1. The van der Waals surface area contributed by atoms with Crippen molar-refractivity contribution in [1.82, 2.24) is 25.4 Å². The first kappa shape index (κ1) is 23.0. The Labute approximate surface area is 206 Å². The zero-order valence-electron chi connectivity index (χ0n) is 19.8. The maximum Gasteiger partial charge on any atom is 0.254 e. The first-order chi connectivity index (χ1) is 17.1. The molecule has 184 valence electrons. The molecule has 8 heteroatoms. The van der Waals surface area contributed by atoms with Gasteiger partial charge in [-0.3, -0.25) is 14.9 Å². The fraction of sp³-hybridized carbons (Fsp3) is 0.296. The van der Waals surface area contributed by atoms with Gasteiger partial charge >= 0.3 is 0 Å². The molecule has 0 bridgehead atoms. The summed E-state index contributed by atoms with van der Waals surface area (Å²) in [5.41, 5.74) is 3.80. The van der Waals surface area contributed by atoms with E-state index in [9.17, 15) is 9.18 Å². The van der Waals surface area contributed by atoms with Gasteiger partial charge in [0, 0.05) is 56.0 Å². The third-order valence-electron chi connectivity index (χ3n) is 6.66. The molecule has 0 saturated heterocycles. The second-order valence-electron chi connectivity index (χ2n) is 8.83. The van der Waals surface area contributed by atoms with Crippen LogP contribution in [0.1, 0.15) is 38.5 Å². The molecule has 0 unspecified atom stereocenters. The SMILES string of the molecule is CCOc1cc(C(=O)N(Cc2cncc3cn[nH]c23)C2CC(NC)C2)ccc1-c1cccc(F)c1.[HH].[HH]. The van der Waals surface area contributed by atoms with E-state index in [1.807, 2.05) is 31.0 Å². The van der Waals surface area contributed by atoms with Crippen LogP contribution in [0, 0.1) is 5.82 Å². The van der Waals surface area contributed by atoms with Gasteiger partial charge in [0.05, 0.1) is 18.3 Å². The Kier molecular flexibility index (Phi) is 6.46. The molecule has 2 aromatic carbocycles. The first-order valence-corrected chi connectivity index (χ1v) is 11.8. The molecule has 35 heavy (non-hydrogen) atoms. The van der Waals surface area contributed by atoms with Crippen molar-refractivity contribution < 1.29 is 16.8 Å². The van der Waals surface area contributed by atoms with E-state index in [1.165, 1.54) is 12.1 Å². The van der Waals surface area contributed by atoms with Crippen molar-refractivity contribution in [2.24, 2.45) is 0 Å². The van der Waals surface area contributed by atoms with Crippen LogP contribution in [0.25, 0.3) is 22.0 Å². The van der Waals surface area contributed by atoms with Crippen LogP contribution in [0.5, 0.6) is 5.75 Å². The number of carbonyl (C=O) groups excluding carboxylic acids is 1.